The van der Waals surface area contributed by atoms with Crippen LogP contribution in [0.25, 0.3) is 0 Å². The van der Waals surface area contributed by atoms with E-state index in [1.54, 1.807) is 43.5 Å². The average Bonchev–Trinajstić information content (AvgIpc) is 3.85. The van der Waals surface area contributed by atoms with Crippen molar-refractivity contribution >= 4 is 12.2 Å². The van der Waals surface area contributed by atoms with Gasteiger partial charge in [-0.3, -0.25) is 9.59 Å². The Morgan fingerprint density at radius 3 is 1.34 bits per heavy atom. The second kappa shape index (κ2) is 14.1. The van der Waals surface area contributed by atoms with E-state index in [2.05, 4.69) is 0 Å². The Kier molecular flexibility index (Phi) is 9.28. The van der Waals surface area contributed by atoms with Gasteiger partial charge in [0.25, 0.3) is 11.1 Å². The molecule has 10 aliphatic rings. The van der Waals surface area contributed by atoms with Crippen LogP contribution in [-0.4, -0.2) is 90.9 Å². The van der Waals surface area contributed by atoms with E-state index in [4.69, 9.17) is 20.0 Å². The van der Waals surface area contributed by atoms with Crippen LogP contribution in [0, 0.1) is 58.2 Å². The fraction of sp³-hybridized carbons (Fsp3) is 0.667. The lowest BCUT2D eigenvalue weighted by atomic mass is 9.53. The van der Waals surface area contributed by atoms with Crippen molar-refractivity contribution in [2.75, 3.05) is 26.2 Å². The van der Waals surface area contributed by atoms with Crippen LogP contribution < -0.4 is 11.1 Å². The van der Waals surface area contributed by atoms with Gasteiger partial charge in [-0.15, -0.1) is 0 Å². The van der Waals surface area contributed by atoms with E-state index in [1.807, 2.05) is 12.1 Å². The number of nitrogens with zero attached hydrogens (tertiary/aromatic N) is 6. The molecule has 10 fully saturated rings. The van der Waals surface area contributed by atoms with Crippen LogP contribution in [0.15, 0.2) is 46.2 Å². The van der Waals surface area contributed by atoms with Crippen LogP contribution in [0.2, 0.25) is 0 Å². The van der Waals surface area contributed by atoms with E-state index >= 15 is 0 Å². The van der Waals surface area contributed by atoms with Crippen molar-refractivity contribution < 1.29 is 29.3 Å². The van der Waals surface area contributed by atoms with Crippen LogP contribution >= 0.6 is 0 Å². The van der Waals surface area contributed by atoms with Crippen LogP contribution in [0.1, 0.15) is 100 Å². The van der Waals surface area contributed by atoms with Gasteiger partial charge >= 0.3 is 12.2 Å². The maximum absolute atomic E-state index is 12.8. The molecule has 8 aliphatic carbocycles. The topological polar surface area (TPSA) is 191 Å². The predicted molar refractivity (Wildman–Crippen MR) is 199 cm³/mol. The predicted octanol–water partition coefficient (Wildman–Crippen LogP) is 4.09. The zero-order valence-corrected chi connectivity index (χ0v) is 31.6. The lowest BCUT2D eigenvalue weighted by Gasteiger charge is -2.57. The first-order valence-electron chi connectivity index (χ1n) is 20.5. The van der Waals surface area contributed by atoms with Crippen molar-refractivity contribution in [1.29, 1.82) is 10.5 Å². The number of carbonyl (C=O) groups is 2. The average molecular weight is 767 g/mol. The van der Waals surface area contributed by atoms with Gasteiger partial charge in [-0.05, 0) is 125 Å². The third kappa shape index (κ3) is 6.89. The fourth-order valence-corrected chi connectivity index (χ4v) is 12.6. The van der Waals surface area contributed by atoms with E-state index in [0.29, 0.717) is 62.0 Å². The molecule has 296 valence electrons. The van der Waals surface area contributed by atoms with Crippen LogP contribution in [0.3, 0.4) is 0 Å². The van der Waals surface area contributed by atoms with Crippen LogP contribution in [-0.2, 0) is 9.47 Å². The molecule has 2 aromatic rings. The summed E-state index contributed by atoms with van der Waals surface area (Å²) >= 11 is 0. The van der Waals surface area contributed by atoms with Gasteiger partial charge < -0.3 is 38.6 Å². The third-order valence-electron chi connectivity index (χ3n) is 14.6. The number of hydrogen-bond acceptors (Lipinski definition) is 10. The number of pyridine rings is 2. The highest BCUT2D eigenvalue weighted by Gasteiger charge is 2.57. The smallest absolute Gasteiger partial charge is 0.410 e. The zero-order valence-electron chi connectivity index (χ0n) is 31.6. The van der Waals surface area contributed by atoms with Gasteiger partial charge in [-0.1, -0.05) is 0 Å². The van der Waals surface area contributed by atoms with E-state index in [1.165, 1.54) is 12.1 Å². The highest BCUT2D eigenvalue weighted by molar-refractivity contribution is 5.69. The molecule has 2 amide bonds. The summed E-state index contributed by atoms with van der Waals surface area (Å²) in [6.07, 6.45) is 13.0. The monoisotopic (exact) mass is 766 g/mol. The molecule has 2 aromatic heterocycles. The van der Waals surface area contributed by atoms with E-state index in [-0.39, 0.29) is 71.3 Å². The summed E-state index contributed by atoms with van der Waals surface area (Å²) in [5.41, 5.74) is -0.802. The summed E-state index contributed by atoms with van der Waals surface area (Å²) in [5, 5.41) is 39.2. The number of nitriles is 2. The van der Waals surface area contributed by atoms with Crippen molar-refractivity contribution in [3.63, 3.8) is 0 Å². The molecule has 14 nitrogen and oxygen atoms in total. The minimum Gasteiger partial charge on any atom is -0.446 e. The lowest BCUT2D eigenvalue weighted by molar-refractivity contribution is -0.177. The Morgan fingerprint density at radius 1 is 0.643 bits per heavy atom. The van der Waals surface area contributed by atoms with Gasteiger partial charge in [-0.25, -0.2) is 9.59 Å². The van der Waals surface area contributed by atoms with E-state index in [0.717, 1.165) is 64.2 Å². The van der Waals surface area contributed by atoms with Crippen molar-refractivity contribution in [1.82, 2.24) is 18.9 Å². The van der Waals surface area contributed by atoms with Gasteiger partial charge in [0.15, 0.2) is 0 Å². The Morgan fingerprint density at radius 2 is 1.02 bits per heavy atom. The maximum atomic E-state index is 12.8. The summed E-state index contributed by atoms with van der Waals surface area (Å²) < 4.78 is 15.1. The van der Waals surface area contributed by atoms with Crippen molar-refractivity contribution in [3.8, 4) is 12.1 Å². The first-order valence-corrected chi connectivity index (χ1v) is 20.5. The molecule has 2 aliphatic heterocycles. The van der Waals surface area contributed by atoms with Crippen LogP contribution in [0.4, 0.5) is 9.59 Å². The molecule has 2 N–H and O–H groups in total. The molecule has 0 radical (unpaired) electrons. The molecule has 56 heavy (non-hydrogen) atoms. The normalized spacial score (nSPS) is 38.4. The Hall–Kier alpha value is -4.66. The molecule has 0 aromatic carbocycles. The number of hydrogen-bond donors (Lipinski definition) is 2. The molecule has 6 atom stereocenters. The second-order valence-electron chi connectivity index (χ2n) is 18.4. The SMILES string of the molecule is N#Cc1ccn([C@@H]2CCN(C(=O)OC3C4CC5CC3CC(O)(C5)C4)C2)c(=O)c1.N#Cc1ccn([C@@H]2CCN(C(=O)OC3C4CC5CC3CC(O)(C5)C4)C2)c(=O)c1. The largest absolute Gasteiger partial charge is 0.446 e. The highest BCUT2D eigenvalue weighted by atomic mass is 16.6. The molecular formula is C42H50N6O8. The van der Waals surface area contributed by atoms with Crippen molar-refractivity contribution in [3.05, 3.63) is 68.5 Å². The molecule has 4 heterocycles. The summed E-state index contributed by atoms with van der Waals surface area (Å²) in [6, 6.07) is 9.68. The number of aliphatic hydroxyl groups is 2. The Bertz CT molecular complexity index is 1920. The Balaban J connectivity index is 0.000000146. The molecule has 8 bridgehead atoms. The number of amides is 2. The standard InChI is InChI=1S/2C21H25N3O4/c2*22-11-13-1-4-24(18(25)7-13)17-2-3-23(12-17)20(26)28-19-15-5-14-6-16(19)10-21(27,8-14)9-15/h2*1,4,7,14-17,19,27H,2-3,5-6,8-10,12H2/t2*14?,15?,16?,17-,19?,21?/m11/s1. The first-order chi connectivity index (χ1) is 26.9. The maximum Gasteiger partial charge on any atom is 0.410 e. The number of aromatic nitrogens is 2. The number of rotatable bonds is 4. The summed E-state index contributed by atoms with van der Waals surface area (Å²) in [5.74, 6) is 2.27. The summed E-state index contributed by atoms with van der Waals surface area (Å²) in [7, 11) is 0. The molecular weight excluding hydrogens is 716 g/mol. The highest BCUT2D eigenvalue weighted by Crippen LogP contribution is 2.58. The van der Waals surface area contributed by atoms with Gasteiger partial charge in [-0.2, -0.15) is 10.5 Å². The lowest BCUT2D eigenvalue weighted by Crippen LogP contribution is -2.58. The molecule has 2 saturated heterocycles. The summed E-state index contributed by atoms with van der Waals surface area (Å²) in [6.45, 7) is 2.01. The van der Waals surface area contributed by atoms with E-state index in [9.17, 15) is 29.4 Å². The number of ether oxygens (including phenoxy) is 2. The van der Waals surface area contributed by atoms with Gasteiger partial charge in [0.05, 0.1) is 46.6 Å². The minimum atomic E-state index is -0.533. The number of carbonyl (C=O) groups excluding carboxylic acids is 2. The third-order valence-corrected chi connectivity index (χ3v) is 14.6. The molecule has 8 saturated carbocycles. The second-order valence-corrected chi connectivity index (χ2v) is 18.4. The first kappa shape index (κ1) is 36.9. The van der Waals surface area contributed by atoms with Gasteiger partial charge in [0.1, 0.15) is 12.2 Å². The quantitative estimate of drug-likeness (QED) is 0.459. The molecule has 12 rings (SSSR count). The fourth-order valence-electron chi connectivity index (χ4n) is 12.6. The summed E-state index contributed by atoms with van der Waals surface area (Å²) in [4.78, 5) is 53.4. The van der Waals surface area contributed by atoms with Gasteiger partial charge in [0, 0.05) is 50.7 Å². The van der Waals surface area contributed by atoms with E-state index < -0.39 is 11.2 Å². The van der Waals surface area contributed by atoms with Crippen LogP contribution in [0.5, 0.6) is 0 Å². The molecule has 14 heteroatoms. The molecule has 0 spiro atoms. The van der Waals surface area contributed by atoms with Crippen molar-refractivity contribution in [2.45, 2.75) is 113 Å². The number of likely N-dealkylation sites (tertiary alicyclic amines) is 2. The molecule has 4 unspecified atom stereocenters. The van der Waals surface area contributed by atoms with Gasteiger partial charge in [0.2, 0.25) is 0 Å². The zero-order chi connectivity index (χ0) is 38.9. The van der Waals surface area contributed by atoms with Crippen molar-refractivity contribution in [2.24, 2.45) is 35.5 Å². The minimum absolute atomic E-state index is 0.0824. The Labute approximate surface area is 325 Å².